The van der Waals surface area contributed by atoms with E-state index in [0.717, 1.165) is 25.3 Å². The molecule has 0 aliphatic heterocycles. The molecule has 0 aromatic carbocycles. The summed E-state index contributed by atoms with van der Waals surface area (Å²) in [5, 5.41) is 0. The third-order valence-corrected chi connectivity index (χ3v) is 6.12. The van der Waals surface area contributed by atoms with E-state index in [1.807, 2.05) is 0 Å². The van der Waals surface area contributed by atoms with Crippen LogP contribution in [0.5, 0.6) is 0 Å². The van der Waals surface area contributed by atoms with E-state index in [1.165, 1.54) is 0 Å². The van der Waals surface area contributed by atoms with Crippen LogP contribution < -0.4 is 0 Å². The lowest BCUT2D eigenvalue weighted by atomic mass is 9.80. The van der Waals surface area contributed by atoms with Gasteiger partial charge < -0.3 is 9.15 Å². The highest BCUT2D eigenvalue weighted by molar-refractivity contribution is 9.10. The van der Waals surface area contributed by atoms with Crippen molar-refractivity contribution < 1.29 is 22.4 Å². The summed E-state index contributed by atoms with van der Waals surface area (Å²) in [5.41, 5.74) is 0. The molecule has 8 heteroatoms. The first-order valence-corrected chi connectivity index (χ1v) is 9.73. The average Bonchev–Trinajstić information content (AvgIpc) is 2.76. The van der Waals surface area contributed by atoms with Gasteiger partial charge in [-0.1, -0.05) is 13.8 Å². The smallest absolute Gasteiger partial charge is 0.374 e. The SMILES string of the molecule is CC1CCC(OC(=O)c2cc(S(=O)(=O)Cl)c(Br)o2)CC1C. The van der Waals surface area contributed by atoms with Gasteiger partial charge in [-0.3, -0.25) is 0 Å². The molecular formula is C13H16BrClO5S. The van der Waals surface area contributed by atoms with Crippen molar-refractivity contribution in [2.45, 2.75) is 44.1 Å². The fraction of sp³-hybridized carbons (Fsp3) is 0.615. The summed E-state index contributed by atoms with van der Waals surface area (Å²) in [4.78, 5) is 11.7. The van der Waals surface area contributed by atoms with Crippen molar-refractivity contribution in [2.75, 3.05) is 0 Å². The number of carbonyl (C=O) groups is 1. The molecule has 0 radical (unpaired) electrons. The van der Waals surface area contributed by atoms with Gasteiger partial charge in [0.05, 0.1) is 0 Å². The van der Waals surface area contributed by atoms with Crippen LogP contribution in [-0.4, -0.2) is 20.5 Å². The summed E-state index contributed by atoms with van der Waals surface area (Å²) in [6, 6.07) is 1.07. The van der Waals surface area contributed by atoms with Crippen LogP contribution in [0.15, 0.2) is 20.0 Å². The van der Waals surface area contributed by atoms with Crippen molar-refractivity contribution in [3.05, 3.63) is 16.5 Å². The molecular weight excluding hydrogens is 384 g/mol. The molecule has 1 fully saturated rings. The minimum absolute atomic E-state index is 0.102. The lowest BCUT2D eigenvalue weighted by molar-refractivity contribution is 0.00562. The Balaban J connectivity index is 2.08. The molecule has 2 rings (SSSR count). The molecule has 1 aliphatic carbocycles. The standard InChI is InChI=1S/C13H16BrClO5S/c1-7-3-4-9(5-8(7)2)19-13(16)10-6-11(12(14)20-10)21(15,17)18/h6-9H,3-5H2,1-2H3. The first kappa shape index (κ1) is 16.8. The minimum Gasteiger partial charge on any atom is -0.457 e. The normalized spacial score (nSPS) is 26.6. The second-order valence-corrected chi connectivity index (χ2v) is 8.74. The molecule has 0 N–H and O–H groups in total. The number of furan rings is 1. The Kier molecular flexibility index (Phi) is 5.05. The van der Waals surface area contributed by atoms with Crippen molar-refractivity contribution in [1.82, 2.24) is 0 Å². The van der Waals surface area contributed by atoms with Gasteiger partial charge in [-0.2, -0.15) is 0 Å². The first-order valence-electron chi connectivity index (χ1n) is 6.63. The molecule has 118 valence electrons. The van der Waals surface area contributed by atoms with Gasteiger partial charge in [0.2, 0.25) is 5.76 Å². The predicted octanol–water partition coefficient (Wildman–Crippen LogP) is 3.95. The molecule has 0 amide bonds. The molecule has 1 aromatic heterocycles. The van der Waals surface area contributed by atoms with E-state index in [1.54, 1.807) is 0 Å². The van der Waals surface area contributed by atoms with Crippen molar-refractivity contribution in [1.29, 1.82) is 0 Å². The number of hydrogen-bond donors (Lipinski definition) is 0. The van der Waals surface area contributed by atoms with Crippen molar-refractivity contribution in [2.24, 2.45) is 11.8 Å². The number of halogens is 2. The van der Waals surface area contributed by atoms with E-state index < -0.39 is 15.0 Å². The number of ether oxygens (including phenoxy) is 1. The molecule has 0 spiro atoms. The third kappa shape index (κ3) is 4.02. The highest BCUT2D eigenvalue weighted by Gasteiger charge is 2.29. The molecule has 0 saturated heterocycles. The lowest BCUT2D eigenvalue weighted by Gasteiger charge is -2.31. The van der Waals surface area contributed by atoms with Gasteiger partial charge >= 0.3 is 5.97 Å². The Morgan fingerprint density at radius 1 is 1.38 bits per heavy atom. The van der Waals surface area contributed by atoms with Crippen LogP contribution in [0.1, 0.15) is 43.7 Å². The van der Waals surface area contributed by atoms with Gasteiger partial charge in [0.1, 0.15) is 11.0 Å². The van der Waals surface area contributed by atoms with Crippen LogP contribution in [0.2, 0.25) is 0 Å². The summed E-state index contributed by atoms with van der Waals surface area (Å²) in [6.45, 7) is 4.32. The summed E-state index contributed by atoms with van der Waals surface area (Å²) in [6.07, 6.45) is 2.45. The summed E-state index contributed by atoms with van der Waals surface area (Å²) in [5.74, 6) is 0.255. The molecule has 1 aromatic rings. The van der Waals surface area contributed by atoms with Crippen molar-refractivity contribution >= 4 is 41.6 Å². The third-order valence-electron chi connectivity index (χ3n) is 3.94. The molecule has 5 nitrogen and oxygen atoms in total. The molecule has 1 saturated carbocycles. The van der Waals surface area contributed by atoms with Gasteiger partial charge in [-0.15, -0.1) is 0 Å². The predicted molar refractivity (Wildman–Crippen MR) is 80.8 cm³/mol. The molecule has 3 atom stereocenters. The van der Waals surface area contributed by atoms with Gasteiger partial charge in [-0.25, -0.2) is 13.2 Å². The molecule has 3 unspecified atom stereocenters. The summed E-state index contributed by atoms with van der Waals surface area (Å²) in [7, 11) is 1.27. The van der Waals surface area contributed by atoms with Crippen LogP contribution in [-0.2, 0) is 13.8 Å². The number of esters is 1. The highest BCUT2D eigenvalue weighted by Crippen LogP contribution is 2.33. The largest absolute Gasteiger partial charge is 0.457 e. The summed E-state index contributed by atoms with van der Waals surface area (Å²) >= 11 is 2.93. The number of rotatable bonds is 3. The molecule has 0 bridgehead atoms. The van der Waals surface area contributed by atoms with Gasteiger partial charge in [-0.05, 0) is 47.0 Å². The van der Waals surface area contributed by atoms with E-state index in [-0.39, 0.29) is 21.4 Å². The van der Waals surface area contributed by atoms with E-state index >= 15 is 0 Å². The van der Waals surface area contributed by atoms with Crippen LogP contribution in [0.4, 0.5) is 0 Å². The maximum atomic E-state index is 12.0. The minimum atomic E-state index is -3.97. The second kappa shape index (κ2) is 6.30. The van der Waals surface area contributed by atoms with Crippen molar-refractivity contribution in [3.63, 3.8) is 0 Å². The Hall–Kier alpha value is -0.530. The molecule has 21 heavy (non-hydrogen) atoms. The zero-order chi connectivity index (χ0) is 15.8. The highest BCUT2D eigenvalue weighted by atomic mass is 79.9. The van der Waals surface area contributed by atoms with Gasteiger partial charge in [0.15, 0.2) is 4.67 Å². The summed E-state index contributed by atoms with van der Waals surface area (Å²) < 4.78 is 32.9. The van der Waals surface area contributed by atoms with Gasteiger partial charge in [0.25, 0.3) is 9.05 Å². The number of carbonyl (C=O) groups excluding carboxylic acids is 1. The monoisotopic (exact) mass is 398 g/mol. The lowest BCUT2D eigenvalue weighted by Crippen LogP contribution is -2.28. The topological polar surface area (TPSA) is 73.6 Å². The zero-order valence-corrected chi connectivity index (χ0v) is 14.8. The molecule has 1 aliphatic rings. The van der Waals surface area contributed by atoms with E-state index in [2.05, 4.69) is 29.8 Å². The van der Waals surface area contributed by atoms with E-state index in [4.69, 9.17) is 19.8 Å². The van der Waals surface area contributed by atoms with Crippen LogP contribution >= 0.6 is 26.6 Å². The van der Waals surface area contributed by atoms with E-state index in [0.29, 0.717) is 11.8 Å². The maximum absolute atomic E-state index is 12.0. The van der Waals surface area contributed by atoms with Crippen LogP contribution in [0, 0.1) is 11.8 Å². The average molecular weight is 400 g/mol. The van der Waals surface area contributed by atoms with E-state index in [9.17, 15) is 13.2 Å². The second-order valence-electron chi connectivity index (χ2n) is 5.48. The van der Waals surface area contributed by atoms with Crippen molar-refractivity contribution in [3.8, 4) is 0 Å². The van der Waals surface area contributed by atoms with Crippen LogP contribution in [0.25, 0.3) is 0 Å². The maximum Gasteiger partial charge on any atom is 0.374 e. The fourth-order valence-electron chi connectivity index (χ4n) is 2.43. The van der Waals surface area contributed by atoms with Gasteiger partial charge in [0, 0.05) is 16.7 Å². The Labute approximate surface area is 136 Å². The Morgan fingerprint density at radius 2 is 2.05 bits per heavy atom. The molecule has 1 heterocycles. The first-order chi connectivity index (χ1) is 9.68. The fourth-order valence-corrected chi connectivity index (χ4v) is 4.47. The number of hydrogen-bond acceptors (Lipinski definition) is 5. The Morgan fingerprint density at radius 3 is 2.57 bits per heavy atom. The van der Waals surface area contributed by atoms with Crippen LogP contribution in [0.3, 0.4) is 0 Å². The quantitative estimate of drug-likeness (QED) is 0.568. The zero-order valence-electron chi connectivity index (χ0n) is 11.6. The Bertz CT molecular complexity index is 639.